The third-order valence-corrected chi connectivity index (χ3v) is 1.30. The van der Waals surface area contributed by atoms with Gasteiger partial charge in [-0.15, -0.1) is 5.10 Å². The number of alkyl halides is 1. The van der Waals surface area contributed by atoms with Crippen LogP contribution in [0.2, 0.25) is 0 Å². The summed E-state index contributed by atoms with van der Waals surface area (Å²) in [5.41, 5.74) is 0.820. The van der Waals surface area contributed by atoms with Crippen molar-refractivity contribution in [2.75, 3.05) is 6.67 Å². The molecule has 0 bridgehead atoms. The molecule has 56 valence electrons. The molecule has 0 aromatic carbocycles. The second-order valence-electron chi connectivity index (χ2n) is 2.34. The summed E-state index contributed by atoms with van der Waals surface area (Å²) in [6.45, 7) is 3.19. The number of aryl methyl sites for hydroxylation is 1. The SMILES string of the molecule is Cc1cn([C@@H](C)CF)nn1. The molecule has 0 amide bonds. The maximum Gasteiger partial charge on any atom is 0.112 e. The zero-order chi connectivity index (χ0) is 7.56. The van der Waals surface area contributed by atoms with Crippen LogP contribution in [0.25, 0.3) is 0 Å². The van der Waals surface area contributed by atoms with Gasteiger partial charge in [0.05, 0.1) is 11.7 Å². The molecule has 0 saturated heterocycles. The Morgan fingerprint density at radius 2 is 2.50 bits per heavy atom. The lowest BCUT2D eigenvalue weighted by atomic mass is 10.4. The van der Waals surface area contributed by atoms with Crippen molar-refractivity contribution in [1.82, 2.24) is 15.0 Å². The Bertz CT molecular complexity index is 209. The predicted molar refractivity (Wildman–Crippen MR) is 35.4 cm³/mol. The van der Waals surface area contributed by atoms with Crippen molar-refractivity contribution >= 4 is 0 Å². The Hall–Kier alpha value is -0.930. The van der Waals surface area contributed by atoms with E-state index in [9.17, 15) is 4.39 Å². The van der Waals surface area contributed by atoms with Gasteiger partial charge in [-0.05, 0) is 13.8 Å². The maximum atomic E-state index is 12.0. The molecular weight excluding hydrogens is 133 g/mol. The smallest absolute Gasteiger partial charge is 0.112 e. The quantitative estimate of drug-likeness (QED) is 0.621. The topological polar surface area (TPSA) is 30.7 Å². The summed E-state index contributed by atoms with van der Waals surface area (Å²) in [6, 6.07) is -0.193. The second-order valence-corrected chi connectivity index (χ2v) is 2.34. The summed E-state index contributed by atoms with van der Waals surface area (Å²) in [6.07, 6.45) is 1.73. The monoisotopic (exact) mass is 143 g/mol. The number of hydrogen-bond donors (Lipinski definition) is 0. The molecule has 1 aromatic rings. The molecule has 4 heteroatoms. The molecule has 0 fully saturated rings. The Labute approximate surface area is 58.9 Å². The van der Waals surface area contributed by atoms with Crippen LogP contribution in [0.4, 0.5) is 4.39 Å². The number of hydrogen-bond acceptors (Lipinski definition) is 2. The van der Waals surface area contributed by atoms with E-state index in [1.165, 1.54) is 4.68 Å². The number of nitrogens with zero attached hydrogens (tertiary/aromatic N) is 3. The van der Waals surface area contributed by atoms with Crippen molar-refractivity contribution in [1.29, 1.82) is 0 Å². The van der Waals surface area contributed by atoms with Crippen LogP contribution >= 0.6 is 0 Å². The highest BCUT2D eigenvalue weighted by molar-refractivity contribution is 4.87. The number of aromatic nitrogens is 3. The first-order valence-corrected chi connectivity index (χ1v) is 3.18. The van der Waals surface area contributed by atoms with Crippen molar-refractivity contribution in [2.45, 2.75) is 19.9 Å². The zero-order valence-electron chi connectivity index (χ0n) is 6.08. The maximum absolute atomic E-state index is 12.0. The van der Waals surface area contributed by atoms with Crippen molar-refractivity contribution < 1.29 is 4.39 Å². The van der Waals surface area contributed by atoms with Crippen molar-refractivity contribution in [3.05, 3.63) is 11.9 Å². The largest absolute Gasteiger partial charge is 0.249 e. The molecule has 0 saturated carbocycles. The minimum Gasteiger partial charge on any atom is -0.249 e. The van der Waals surface area contributed by atoms with Gasteiger partial charge >= 0.3 is 0 Å². The number of rotatable bonds is 2. The summed E-state index contributed by atoms with van der Waals surface area (Å²) in [7, 11) is 0. The second kappa shape index (κ2) is 2.77. The van der Waals surface area contributed by atoms with Gasteiger partial charge in [-0.1, -0.05) is 5.21 Å². The van der Waals surface area contributed by atoms with E-state index in [1.54, 1.807) is 13.1 Å². The lowest BCUT2D eigenvalue weighted by molar-refractivity contribution is 0.351. The molecule has 10 heavy (non-hydrogen) atoms. The molecule has 1 atom stereocenters. The van der Waals surface area contributed by atoms with Crippen molar-refractivity contribution in [3.8, 4) is 0 Å². The summed E-state index contributed by atoms with van der Waals surface area (Å²) in [5.74, 6) is 0. The Morgan fingerprint density at radius 1 is 1.80 bits per heavy atom. The van der Waals surface area contributed by atoms with E-state index in [0.29, 0.717) is 0 Å². The minimum atomic E-state index is -0.400. The molecule has 1 rings (SSSR count). The van der Waals surface area contributed by atoms with Gasteiger partial charge in [0.15, 0.2) is 0 Å². The fraction of sp³-hybridized carbons (Fsp3) is 0.667. The Balaban J connectivity index is 2.74. The van der Waals surface area contributed by atoms with Crippen molar-refractivity contribution in [2.24, 2.45) is 0 Å². The normalized spacial score (nSPS) is 13.5. The molecule has 0 spiro atoms. The lowest BCUT2D eigenvalue weighted by Crippen LogP contribution is -2.07. The van der Waals surface area contributed by atoms with Crippen LogP contribution in [0.15, 0.2) is 6.20 Å². The van der Waals surface area contributed by atoms with Crippen LogP contribution in [-0.2, 0) is 0 Å². The van der Waals surface area contributed by atoms with Crippen LogP contribution in [0.3, 0.4) is 0 Å². The van der Waals surface area contributed by atoms with Gasteiger partial charge in [0, 0.05) is 6.20 Å². The summed E-state index contributed by atoms with van der Waals surface area (Å²) in [4.78, 5) is 0. The van der Waals surface area contributed by atoms with E-state index in [0.717, 1.165) is 5.69 Å². The molecule has 0 aliphatic carbocycles. The first-order valence-electron chi connectivity index (χ1n) is 3.18. The fourth-order valence-electron chi connectivity index (χ4n) is 0.651. The van der Waals surface area contributed by atoms with Crippen molar-refractivity contribution in [3.63, 3.8) is 0 Å². The standard InChI is InChI=1S/C6H10FN3/c1-5-4-10(9-8-5)6(2)3-7/h4,6H,3H2,1-2H3/t6-/m0/s1. The third-order valence-electron chi connectivity index (χ3n) is 1.30. The predicted octanol–water partition coefficient (Wildman–Crippen LogP) is 1.12. The molecule has 0 aliphatic rings. The molecule has 0 aliphatic heterocycles. The van der Waals surface area contributed by atoms with E-state index in [1.807, 2.05) is 6.92 Å². The van der Waals surface area contributed by atoms with Gasteiger partial charge in [-0.3, -0.25) is 0 Å². The molecule has 1 aromatic heterocycles. The van der Waals surface area contributed by atoms with Crippen LogP contribution in [-0.4, -0.2) is 21.7 Å². The highest BCUT2D eigenvalue weighted by Crippen LogP contribution is 2.03. The van der Waals surface area contributed by atoms with Gasteiger partial charge in [0.25, 0.3) is 0 Å². The van der Waals surface area contributed by atoms with Gasteiger partial charge in [0.1, 0.15) is 6.67 Å². The molecule has 0 radical (unpaired) electrons. The van der Waals surface area contributed by atoms with E-state index in [4.69, 9.17) is 0 Å². The lowest BCUT2D eigenvalue weighted by Gasteiger charge is -2.03. The summed E-state index contributed by atoms with van der Waals surface area (Å²) >= 11 is 0. The van der Waals surface area contributed by atoms with Gasteiger partial charge < -0.3 is 0 Å². The first-order chi connectivity index (χ1) is 4.74. The van der Waals surface area contributed by atoms with E-state index in [-0.39, 0.29) is 6.04 Å². The Morgan fingerprint density at radius 3 is 2.90 bits per heavy atom. The van der Waals surface area contributed by atoms with E-state index < -0.39 is 6.67 Å². The highest BCUT2D eigenvalue weighted by Gasteiger charge is 2.03. The zero-order valence-corrected chi connectivity index (χ0v) is 6.08. The molecule has 3 nitrogen and oxygen atoms in total. The minimum absolute atomic E-state index is 0.193. The third kappa shape index (κ3) is 1.32. The number of halogens is 1. The average molecular weight is 143 g/mol. The molecule has 0 unspecified atom stereocenters. The highest BCUT2D eigenvalue weighted by atomic mass is 19.1. The van der Waals surface area contributed by atoms with Crippen LogP contribution in [0.5, 0.6) is 0 Å². The van der Waals surface area contributed by atoms with E-state index in [2.05, 4.69) is 10.3 Å². The van der Waals surface area contributed by atoms with Crippen LogP contribution < -0.4 is 0 Å². The first kappa shape index (κ1) is 7.18. The molecule has 1 heterocycles. The van der Waals surface area contributed by atoms with Gasteiger partial charge in [-0.25, -0.2) is 9.07 Å². The van der Waals surface area contributed by atoms with Crippen LogP contribution in [0, 0.1) is 6.92 Å². The molecule has 0 N–H and O–H groups in total. The van der Waals surface area contributed by atoms with Crippen LogP contribution in [0.1, 0.15) is 18.7 Å². The van der Waals surface area contributed by atoms with E-state index >= 15 is 0 Å². The van der Waals surface area contributed by atoms with Gasteiger partial charge in [-0.2, -0.15) is 0 Å². The Kier molecular flexibility index (Phi) is 1.99. The van der Waals surface area contributed by atoms with Gasteiger partial charge in [0.2, 0.25) is 0 Å². The summed E-state index contributed by atoms with van der Waals surface area (Å²) < 4.78 is 13.5. The fourth-order valence-corrected chi connectivity index (χ4v) is 0.651. The molecular formula is C6H10FN3. The average Bonchev–Trinajstić information content (AvgIpc) is 2.34. The summed E-state index contributed by atoms with van der Waals surface area (Å²) in [5, 5.41) is 7.45.